The number of hydrogen-bond acceptors (Lipinski definition) is 3. The number of nitrogens with zero attached hydrogens (tertiary/aromatic N) is 1. The van der Waals surface area contributed by atoms with Crippen molar-refractivity contribution in [2.45, 2.75) is 31.7 Å². The van der Waals surface area contributed by atoms with Crippen LogP contribution in [-0.4, -0.2) is 31.4 Å². The summed E-state index contributed by atoms with van der Waals surface area (Å²) in [7, 11) is -1.97. The van der Waals surface area contributed by atoms with E-state index in [2.05, 4.69) is 30.1 Å². The molecule has 0 radical (unpaired) electrons. The summed E-state index contributed by atoms with van der Waals surface area (Å²) in [5.74, 6) is 0.661. The third-order valence-corrected chi connectivity index (χ3v) is 7.10. The zero-order valence-corrected chi connectivity index (χ0v) is 16.0. The number of aromatic nitrogens is 1. The molecule has 0 unspecified atom stereocenters. The maximum atomic E-state index is 13.2. The normalized spacial score (nSPS) is 15.2. The highest BCUT2D eigenvalue weighted by Crippen LogP contribution is 2.32. The van der Waals surface area contributed by atoms with Crippen LogP contribution in [0, 0.1) is 13.8 Å². The second-order valence-corrected chi connectivity index (χ2v) is 8.76. The van der Waals surface area contributed by atoms with Gasteiger partial charge in [-0.15, -0.1) is 0 Å². The van der Waals surface area contributed by atoms with E-state index in [-0.39, 0.29) is 0 Å². The highest BCUT2D eigenvalue weighted by molar-refractivity contribution is 7.89. The van der Waals surface area contributed by atoms with Crippen LogP contribution in [0.3, 0.4) is 0 Å². The van der Waals surface area contributed by atoms with Gasteiger partial charge in [0.1, 0.15) is 5.75 Å². The highest BCUT2D eigenvalue weighted by atomic mass is 32.2. The minimum absolute atomic E-state index is 0.345. The SMILES string of the molecule is COc1ccc(S(=O)(=O)N2CCc3[nH]c4cc(C)ccc4c3C2)c(C)c1. The molecule has 2 heterocycles. The molecule has 1 aliphatic rings. The molecule has 0 amide bonds. The Hall–Kier alpha value is -2.31. The van der Waals surface area contributed by atoms with E-state index in [9.17, 15) is 8.42 Å². The molecule has 0 spiro atoms. The van der Waals surface area contributed by atoms with Gasteiger partial charge in [-0.2, -0.15) is 4.31 Å². The first-order valence-corrected chi connectivity index (χ1v) is 10.1. The monoisotopic (exact) mass is 370 g/mol. The molecule has 3 aromatic rings. The second-order valence-electron chi connectivity index (χ2n) is 6.85. The first-order chi connectivity index (χ1) is 12.4. The summed E-state index contributed by atoms with van der Waals surface area (Å²) in [6.45, 7) is 4.74. The van der Waals surface area contributed by atoms with Gasteiger partial charge in [-0.3, -0.25) is 0 Å². The summed E-state index contributed by atoms with van der Waals surface area (Å²) < 4.78 is 33.2. The fourth-order valence-corrected chi connectivity index (χ4v) is 5.31. The Morgan fingerprint density at radius 1 is 1.12 bits per heavy atom. The maximum Gasteiger partial charge on any atom is 0.243 e. The van der Waals surface area contributed by atoms with Gasteiger partial charge in [0.2, 0.25) is 10.0 Å². The fourth-order valence-electron chi connectivity index (χ4n) is 3.69. The first-order valence-electron chi connectivity index (χ1n) is 8.65. The summed E-state index contributed by atoms with van der Waals surface area (Å²) in [4.78, 5) is 3.80. The predicted molar refractivity (Wildman–Crippen MR) is 102 cm³/mol. The lowest BCUT2D eigenvalue weighted by molar-refractivity contribution is 0.390. The number of aromatic amines is 1. The topological polar surface area (TPSA) is 62.4 Å². The average Bonchev–Trinajstić information content (AvgIpc) is 2.97. The van der Waals surface area contributed by atoms with Crippen molar-refractivity contribution in [1.29, 1.82) is 0 Å². The molecule has 0 saturated carbocycles. The Morgan fingerprint density at radius 2 is 1.92 bits per heavy atom. The number of nitrogens with one attached hydrogen (secondary N) is 1. The molecule has 2 aromatic carbocycles. The number of fused-ring (bicyclic) bond motifs is 3. The van der Waals surface area contributed by atoms with Crippen molar-refractivity contribution in [1.82, 2.24) is 9.29 Å². The van der Waals surface area contributed by atoms with Crippen LogP contribution in [0.15, 0.2) is 41.3 Å². The van der Waals surface area contributed by atoms with Crippen LogP contribution in [0.2, 0.25) is 0 Å². The Balaban J connectivity index is 1.73. The molecule has 0 atom stereocenters. The summed E-state index contributed by atoms with van der Waals surface area (Å²) >= 11 is 0. The molecule has 136 valence electrons. The molecule has 1 aromatic heterocycles. The molecule has 0 saturated heterocycles. The molecule has 0 bridgehead atoms. The molecule has 26 heavy (non-hydrogen) atoms. The van der Waals surface area contributed by atoms with E-state index in [1.807, 2.05) is 0 Å². The molecular weight excluding hydrogens is 348 g/mol. The van der Waals surface area contributed by atoms with Crippen molar-refractivity contribution in [3.63, 3.8) is 0 Å². The van der Waals surface area contributed by atoms with Crippen LogP contribution in [-0.2, 0) is 23.0 Å². The van der Waals surface area contributed by atoms with E-state index in [1.165, 1.54) is 5.56 Å². The van der Waals surface area contributed by atoms with Crippen molar-refractivity contribution in [2.24, 2.45) is 0 Å². The maximum absolute atomic E-state index is 13.2. The molecule has 4 rings (SSSR count). The van der Waals surface area contributed by atoms with Crippen LogP contribution in [0.1, 0.15) is 22.4 Å². The summed E-state index contributed by atoms with van der Waals surface area (Å²) in [5.41, 5.74) is 5.19. The lowest BCUT2D eigenvalue weighted by Crippen LogP contribution is -2.36. The number of methoxy groups -OCH3 is 1. The molecule has 1 N–H and O–H groups in total. The number of H-pyrrole nitrogens is 1. The lowest BCUT2D eigenvalue weighted by Gasteiger charge is -2.27. The van der Waals surface area contributed by atoms with Gasteiger partial charge in [0.05, 0.1) is 12.0 Å². The minimum Gasteiger partial charge on any atom is -0.497 e. The zero-order valence-electron chi connectivity index (χ0n) is 15.2. The quantitative estimate of drug-likeness (QED) is 0.767. The van der Waals surface area contributed by atoms with Gasteiger partial charge in [0.15, 0.2) is 0 Å². The molecule has 5 nitrogen and oxygen atoms in total. The number of ether oxygens (including phenoxy) is 1. The zero-order chi connectivity index (χ0) is 18.5. The van der Waals surface area contributed by atoms with E-state index in [0.717, 1.165) is 22.2 Å². The van der Waals surface area contributed by atoms with Crippen LogP contribution in [0.5, 0.6) is 5.75 Å². The summed E-state index contributed by atoms with van der Waals surface area (Å²) in [5, 5.41) is 1.11. The molecule has 0 fully saturated rings. The number of aryl methyl sites for hydroxylation is 2. The molecule has 0 aliphatic carbocycles. The van der Waals surface area contributed by atoms with Crippen LogP contribution in [0.4, 0.5) is 0 Å². The van der Waals surface area contributed by atoms with Crippen LogP contribution in [0.25, 0.3) is 10.9 Å². The van der Waals surface area contributed by atoms with Crippen molar-refractivity contribution >= 4 is 20.9 Å². The minimum atomic E-state index is -3.55. The summed E-state index contributed by atoms with van der Waals surface area (Å²) in [6, 6.07) is 11.4. The third kappa shape index (κ3) is 2.70. The van der Waals surface area contributed by atoms with Crippen molar-refractivity contribution in [2.75, 3.05) is 13.7 Å². The van der Waals surface area contributed by atoms with Gasteiger partial charge in [0.25, 0.3) is 0 Å². The number of sulfonamides is 1. The third-order valence-electron chi connectivity index (χ3n) is 5.10. The predicted octanol–water partition coefficient (Wildman–Crippen LogP) is 3.54. The van der Waals surface area contributed by atoms with Gasteiger partial charge < -0.3 is 9.72 Å². The number of rotatable bonds is 3. The average molecular weight is 370 g/mol. The van der Waals surface area contributed by atoms with Crippen molar-refractivity contribution in [3.05, 3.63) is 58.8 Å². The highest BCUT2D eigenvalue weighted by Gasteiger charge is 2.31. The largest absolute Gasteiger partial charge is 0.497 e. The van der Waals surface area contributed by atoms with E-state index in [1.54, 1.807) is 36.5 Å². The Morgan fingerprint density at radius 3 is 2.65 bits per heavy atom. The second kappa shape index (κ2) is 6.14. The molecular formula is C20H22N2O3S. The van der Waals surface area contributed by atoms with Gasteiger partial charge in [-0.1, -0.05) is 12.1 Å². The lowest BCUT2D eigenvalue weighted by atomic mass is 10.1. The van der Waals surface area contributed by atoms with Crippen molar-refractivity contribution < 1.29 is 13.2 Å². The number of hydrogen-bond donors (Lipinski definition) is 1. The van der Waals surface area contributed by atoms with E-state index in [4.69, 9.17) is 4.74 Å². The van der Waals surface area contributed by atoms with Crippen molar-refractivity contribution in [3.8, 4) is 5.75 Å². The van der Waals surface area contributed by atoms with E-state index in [0.29, 0.717) is 35.7 Å². The summed E-state index contributed by atoms with van der Waals surface area (Å²) in [6.07, 6.45) is 0.692. The van der Waals surface area contributed by atoms with Gasteiger partial charge in [-0.05, 0) is 54.8 Å². The Kier molecular flexibility index (Phi) is 4.04. The van der Waals surface area contributed by atoms with Crippen LogP contribution < -0.4 is 4.74 Å². The molecule has 1 aliphatic heterocycles. The number of benzene rings is 2. The van der Waals surface area contributed by atoms with E-state index < -0.39 is 10.0 Å². The van der Waals surface area contributed by atoms with Gasteiger partial charge in [-0.25, -0.2) is 8.42 Å². The van der Waals surface area contributed by atoms with Gasteiger partial charge in [0, 0.05) is 36.1 Å². The molecule has 6 heteroatoms. The van der Waals surface area contributed by atoms with E-state index >= 15 is 0 Å². The Labute approximate surface area is 153 Å². The smallest absolute Gasteiger partial charge is 0.243 e. The standard InChI is InChI=1S/C20H22N2O3S/c1-13-4-6-16-17-12-22(9-8-18(17)21-19(16)10-13)26(23,24)20-7-5-15(25-3)11-14(20)2/h4-7,10-11,21H,8-9,12H2,1-3H3. The fraction of sp³-hybridized carbons (Fsp3) is 0.300. The Bertz CT molecular complexity index is 1100. The van der Waals surface area contributed by atoms with Crippen LogP contribution >= 0.6 is 0 Å². The van der Waals surface area contributed by atoms with Gasteiger partial charge >= 0.3 is 0 Å². The first kappa shape index (κ1) is 17.1.